The van der Waals surface area contributed by atoms with E-state index < -0.39 is 5.54 Å². The molecule has 3 aromatic heterocycles. The molecule has 3 fully saturated rings. The smallest absolute Gasteiger partial charge is 0.257 e. The zero-order valence-corrected chi connectivity index (χ0v) is 24.2. The number of carbonyl (C=O) groups excluding carboxylic acids is 1. The molecule has 212 valence electrons. The summed E-state index contributed by atoms with van der Waals surface area (Å²) in [7, 11) is 0. The molecule has 1 saturated carbocycles. The Balaban J connectivity index is 1.14. The second-order valence-corrected chi connectivity index (χ2v) is 12.9. The standard InChI is InChI=1S/C30H40N8O2/c1-6-23-22(18-38(35-23)28-32-10-7-11-33-28)27(39)37-16-20-21(17-37)26(20)40-25-15-19(30(4,5)31)14-24(34-25)36-12-8-29(2,3)9-13-36/h7,10-11,14-15,18,20-21,26H,6,8-9,12-13,16-17,31H2,1-5H3/t20-,21+,26-. The number of nitrogens with zero attached hydrogens (tertiary/aromatic N) is 7. The summed E-state index contributed by atoms with van der Waals surface area (Å²) in [6, 6.07) is 5.86. The number of hydrogen-bond acceptors (Lipinski definition) is 8. The fourth-order valence-corrected chi connectivity index (χ4v) is 5.91. The normalized spacial score (nSPS) is 23.7. The van der Waals surface area contributed by atoms with Gasteiger partial charge in [0.05, 0.1) is 11.3 Å². The maximum absolute atomic E-state index is 13.5. The molecule has 3 aliphatic rings. The molecule has 0 bridgehead atoms. The first kappa shape index (κ1) is 26.7. The lowest BCUT2D eigenvalue weighted by Crippen LogP contribution is -2.38. The first-order chi connectivity index (χ1) is 19.0. The van der Waals surface area contributed by atoms with Crippen molar-refractivity contribution in [2.24, 2.45) is 23.0 Å². The highest BCUT2D eigenvalue weighted by molar-refractivity contribution is 5.95. The Morgan fingerprint density at radius 1 is 1.12 bits per heavy atom. The SMILES string of the molecule is CCc1nn(-c2ncccn2)cc1C(=O)N1C[C@@H]2[C@H](C1)[C@@H]2Oc1cc(C(C)(C)N)cc(N2CCC(C)(C)CC2)n1. The third kappa shape index (κ3) is 5.16. The van der Waals surface area contributed by atoms with Crippen LogP contribution in [0.5, 0.6) is 5.88 Å². The van der Waals surface area contributed by atoms with Crippen LogP contribution in [0.2, 0.25) is 0 Å². The van der Waals surface area contributed by atoms with E-state index in [2.05, 4.69) is 39.9 Å². The van der Waals surface area contributed by atoms with Gasteiger partial charge in [-0.25, -0.2) is 14.6 Å². The number of nitrogens with two attached hydrogens (primary N) is 1. The lowest BCUT2D eigenvalue weighted by molar-refractivity contribution is 0.0750. The quantitative estimate of drug-likeness (QED) is 0.480. The summed E-state index contributed by atoms with van der Waals surface area (Å²) >= 11 is 0. The fraction of sp³-hybridized carbons (Fsp3) is 0.567. The molecule has 3 atom stereocenters. The van der Waals surface area contributed by atoms with Gasteiger partial charge >= 0.3 is 0 Å². The van der Waals surface area contributed by atoms with Gasteiger partial charge < -0.3 is 20.3 Å². The zero-order valence-electron chi connectivity index (χ0n) is 24.2. The maximum Gasteiger partial charge on any atom is 0.257 e. The van der Waals surface area contributed by atoms with Crippen LogP contribution in [0.4, 0.5) is 5.82 Å². The average Bonchev–Trinajstić information content (AvgIpc) is 3.27. The molecular formula is C30H40N8O2. The molecular weight excluding hydrogens is 504 g/mol. The van der Waals surface area contributed by atoms with E-state index >= 15 is 0 Å². The molecule has 10 nitrogen and oxygen atoms in total. The van der Waals surface area contributed by atoms with Gasteiger partial charge in [0.2, 0.25) is 11.8 Å². The van der Waals surface area contributed by atoms with E-state index in [9.17, 15) is 4.79 Å². The van der Waals surface area contributed by atoms with Gasteiger partial charge in [-0.1, -0.05) is 20.8 Å². The van der Waals surface area contributed by atoms with Gasteiger partial charge in [0.1, 0.15) is 11.9 Å². The van der Waals surface area contributed by atoms with E-state index in [4.69, 9.17) is 15.5 Å². The average molecular weight is 545 g/mol. The van der Waals surface area contributed by atoms with Crippen molar-refractivity contribution in [3.63, 3.8) is 0 Å². The highest BCUT2D eigenvalue weighted by Crippen LogP contribution is 2.48. The summed E-state index contributed by atoms with van der Waals surface area (Å²) in [5.74, 6) is 2.64. The lowest BCUT2D eigenvalue weighted by atomic mass is 9.82. The Kier molecular flexibility index (Phi) is 6.56. The predicted octanol–water partition coefficient (Wildman–Crippen LogP) is 3.59. The third-order valence-corrected chi connectivity index (χ3v) is 8.75. The summed E-state index contributed by atoms with van der Waals surface area (Å²) in [6.45, 7) is 14.0. The highest BCUT2D eigenvalue weighted by atomic mass is 16.5. The number of fused-ring (bicyclic) bond motifs is 1. The minimum atomic E-state index is -0.500. The van der Waals surface area contributed by atoms with Crippen LogP contribution >= 0.6 is 0 Å². The largest absolute Gasteiger partial charge is 0.474 e. The van der Waals surface area contributed by atoms with Crippen LogP contribution in [0.1, 0.15) is 69.1 Å². The maximum atomic E-state index is 13.5. The van der Waals surface area contributed by atoms with Crippen LogP contribution in [0.25, 0.3) is 5.95 Å². The molecule has 40 heavy (non-hydrogen) atoms. The lowest BCUT2D eigenvalue weighted by Gasteiger charge is -2.38. The van der Waals surface area contributed by atoms with Crippen LogP contribution in [-0.2, 0) is 12.0 Å². The second kappa shape index (κ2) is 9.83. The molecule has 0 unspecified atom stereocenters. The number of anilines is 1. The van der Waals surface area contributed by atoms with E-state index in [1.165, 1.54) is 0 Å². The van der Waals surface area contributed by atoms with E-state index in [-0.39, 0.29) is 12.0 Å². The van der Waals surface area contributed by atoms with Crippen LogP contribution in [-0.4, -0.2) is 67.8 Å². The van der Waals surface area contributed by atoms with Gasteiger partial charge in [0.15, 0.2) is 0 Å². The van der Waals surface area contributed by atoms with Crippen LogP contribution in [0.15, 0.2) is 36.8 Å². The summed E-state index contributed by atoms with van der Waals surface area (Å²) in [5.41, 5.74) is 8.76. The van der Waals surface area contributed by atoms with Gasteiger partial charge in [-0.15, -0.1) is 0 Å². The summed E-state index contributed by atoms with van der Waals surface area (Å²) < 4.78 is 8.07. The molecule has 1 aliphatic carbocycles. The fourth-order valence-electron chi connectivity index (χ4n) is 5.91. The molecule has 6 rings (SSSR count). The minimum Gasteiger partial charge on any atom is -0.474 e. The van der Waals surface area contributed by atoms with Crippen molar-refractivity contribution in [1.29, 1.82) is 0 Å². The van der Waals surface area contributed by atoms with Crippen molar-refractivity contribution >= 4 is 11.7 Å². The number of piperidine rings is 2. The van der Waals surface area contributed by atoms with Gasteiger partial charge in [0.25, 0.3) is 5.91 Å². The molecule has 2 aliphatic heterocycles. The number of amides is 1. The van der Waals surface area contributed by atoms with E-state index in [0.29, 0.717) is 54.2 Å². The molecule has 3 aromatic rings. The third-order valence-electron chi connectivity index (χ3n) is 8.75. The number of pyridine rings is 1. The molecule has 2 saturated heterocycles. The first-order valence-electron chi connectivity index (χ1n) is 14.4. The Morgan fingerprint density at radius 3 is 2.42 bits per heavy atom. The van der Waals surface area contributed by atoms with Crippen molar-refractivity contribution in [3.8, 4) is 11.8 Å². The molecule has 2 N–H and O–H groups in total. The molecule has 1 amide bonds. The Labute approximate surface area is 235 Å². The van der Waals surface area contributed by atoms with E-state index in [1.54, 1.807) is 29.3 Å². The van der Waals surface area contributed by atoms with Crippen molar-refractivity contribution < 1.29 is 9.53 Å². The second-order valence-electron chi connectivity index (χ2n) is 12.9. The monoisotopic (exact) mass is 544 g/mol. The zero-order chi connectivity index (χ0) is 28.2. The summed E-state index contributed by atoms with van der Waals surface area (Å²) in [5, 5.41) is 4.57. The van der Waals surface area contributed by atoms with Crippen molar-refractivity contribution in [3.05, 3.63) is 53.6 Å². The summed E-state index contributed by atoms with van der Waals surface area (Å²) in [6.07, 6.45) is 8.07. The van der Waals surface area contributed by atoms with E-state index in [0.717, 1.165) is 43.0 Å². The van der Waals surface area contributed by atoms with Crippen molar-refractivity contribution in [2.45, 2.75) is 65.5 Å². The van der Waals surface area contributed by atoms with Gasteiger partial charge in [-0.3, -0.25) is 4.79 Å². The molecule has 0 aromatic carbocycles. The first-order valence-corrected chi connectivity index (χ1v) is 14.4. The number of ether oxygens (including phenoxy) is 1. The van der Waals surface area contributed by atoms with Gasteiger partial charge in [-0.2, -0.15) is 10.1 Å². The van der Waals surface area contributed by atoms with Gasteiger partial charge in [-0.05, 0) is 56.2 Å². The topological polar surface area (TPSA) is 115 Å². The predicted molar refractivity (Wildman–Crippen MR) is 153 cm³/mol. The molecule has 10 heteroatoms. The number of aromatic nitrogens is 5. The van der Waals surface area contributed by atoms with Crippen molar-refractivity contribution in [1.82, 2.24) is 29.6 Å². The number of carbonyl (C=O) groups is 1. The molecule has 0 radical (unpaired) electrons. The van der Waals surface area contributed by atoms with Crippen LogP contribution in [0, 0.1) is 17.3 Å². The number of aryl methyl sites for hydroxylation is 1. The molecule has 0 spiro atoms. The Morgan fingerprint density at radius 2 is 1.80 bits per heavy atom. The number of hydrogen-bond donors (Lipinski definition) is 1. The number of likely N-dealkylation sites (tertiary alicyclic amines) is 1. The highest BCUT2D eigenvalue weighted by Gasteiger charge is 2.59. The van der Waals surface area contributed by atoms with Crippen molar-refractivity contribution in [2.75, 3.05) is 31.1 Å². The van der Waals surface area contributed by atoms with Gasteiger partial charge in [0, 0.05) is 68.2 Å². The molecule has 5 heterocycles. The Hall–Kier alpha value is -3.53. The van der Waals surface area contributed by atoms with Crippen LogP contribution in [0.3, 0.4) is 0 Å². The summed E-state index contributed by atoms with van der Waals surface area (Å²) in [4.78, 5) is 31.2. The minimum absolute atomic E-state index is 0.00490. The van der Waals surface area contributed by atoms with E-state index in [1.807, 2.05) is 31.7 Å². The Bertz CT molecular complexity index is 1370. The van der Waals surface area contributed by atoms with Crippen LogP contribution < -0.4 is 15.4 Å². The number of rotatable bonds is 7.